The topological polar surface area (TPSA) is 86.7 Å². The lowest BCUT2D eigenvalue weighted by atomic mass is 9.73. The molecule has 0 unspecified atom stereocenters. The number of carbonyl (C=O) groups excluding carboxylic acids is 1. The third kappa shape index (κ3) is 4.45. The zero-order valence-electron chi connectivity index (χ0n) is 16.0. The van der Waals surface area contributed by atoms with Crippen molar-refractivity contribution in [2.75, 3.05) is 13.6 Å². The molecule has 2 rings (SSSR count). The quantitative estimate of drug-likeness (QED) is 0.791. The number of rotatable bonds is 6. The Labute approximate surface area is 156 Å². The highest BCUT2D eigenvalue weighted by Crippen LogP contribution is 2.35. The van der Waals surface area contributed by atoms with Crippen LogP contribution in [0.2, 0.25) is 0 Å². The Hall–Kier alpha value is -1.44. The fourth-order valence-corrected chi connectivity index (χ4v) is 4.56. The Morgan fingerprint density at radius 2 is 1.92 bits per heavy atom. The molecule has 1 aliphatic rings. The van der Waals surface area contributed by atoms with Crippen LogP contribution in [0.15, 0.2) is 29.2 Å². The molecule has 2 N–H and O–H groups in total. The third-order valence-electron chi connectivity index (χ3n) is 5.45. The Bertz CT molecular complexity index is 730. The van der Waals surface area contributed by atoms with E-state index in [0.29, 0.717) is 12.1 Å². The molecule has 0 spiro atoms. The zero-order chi connectivity index (χ0) is 19.5. The molecule has 0 bridgehead atoms. The van der Waals surface area contributed by atoms with Gasteiger partial charge in [0.25, 0.3) is 5.91 Å². The summed E-state index contributed by atoms with van der Waals surface area (Å²) in [4.78, 5) is 12.6. The van der Waals surface area contributed by atoms with E-state index in [9.17, 15) is 18.3 Å². The highest BCUT2D eigenvalue weighted by Gasteiger charge is 2.35. The maximum Gasteiger partial charge on any atom is 0.251 e. The highest BCUT2D eigenvalue weighted by molar-refractivity contribution is 7.89. The number of nitrogens with zero attached hydrogens (tertiary/aromatic N) is 1. The molecule has 7 heteroatoms. The summed E-state index contributed by atoms with van der Waals surface area (Å²) < 4.78 is 26.2. The van der Waals surface area contributed by atoms with Gasteiger partial charge < -0.3 is 10.4 Å². The maximum atomic E-state index is 12.5. The highest BCUT2D eigenvalue weighted by atomic mass is 32.2. The molecule has 1 aromatic rings. The van der Waals surface area contributed by atoms with E-state index in [1.807, 2.05) is 6.92 Å². The van der Waals surface area contributed by atoms with Crippen molar-refractivity contribution in [2.24, 2.45) is 5.41 Å². The van der Waals surface area contributed by atoms with Crippen LogP contribution in [0.25, 0.3) is 0 Å². The van der Waals surface area contributed by atoms with E-state index in [0.717, 1.165) is 25.7 Å². The molecule has 0 aromatic heterocycles. The Morgan fingerprint density at radius 3 is 2.46 bits per heavy atom. The summed E-state index contributed by atoms with van der Waals surface area (Å²) in [5.41, 5.74) is 0.0991. The number of amides is 1. The predicted octanol–water partition coefficient (Wildman–Crippen LogP) is 2.39. The van der Waals surface area contributed by atoms with E-state index < -0.39 is 16.1 Å². The average molecular weight is 383 g/mol. The summed E-state index contributed by atoms with van der Waals surface area (Å²) in [6, 6.07) is 5.82. The lowest BCUT2D eigenvalue weighted by Crippen LogP contribution is -2.45. The second-order valence-electron chi connectivity index (χ2n) is 7.74. The van der Waals surface area contributed by atoms with Crippen molar-refractivity contribution >= 4 is 15.9 Å². The second-order valence-corrected chi connectivity index (χ2v) is 9.74. The van der Waals surface area contributed by atoms with Gasteiger partial charge in [0, 0.05) is 30.6 Å². The molecule has 146 valence electrons. The first-order chi connectivity index (χ1) is 12.1. The molecule has 1 fully saturated rings. The van der Waals surface area contributed by atoms with Gasteiger partial charge in [-0.25, -0.2) is 8.42 Å². The van der Waals surface area contributed by atoms with Gasteiger partial charge in [0.05, 0.1) is 11.0 Å². The number of sulfonamides is 1. The van der Waals surface area contributed by atoms with Crippen molar-refractivity contribution in [1.29, 1.82) is 0 Å². The van der Waals surface area contributed by atoms with Gasteiger partial charge in [-0.3, -0.25) is 4.79 Å². The van der Waals surface area contributed by atoms with Crippen LogP contribution >= 0.6 is 0 Å². The largest absolute Gasteiger partial charge is 0.392 e. The van der Waals surface area contributed by atoms with Crippen LogP contribution in [-0.2, 0) is 10.0 Å². The molecular formula is C19H30N2O4S. The summed E-state index contributed by atoms with van der Waals surface area (Å²) in [6.07, 6.45) is 3.32. The number of aliphatic hydroxyl groups is 1. The Balaban J connectivity index is 2.05. The van der Waals surface area contributed by atoms with Crippen molar-refractivity contribution in [1.82, 2.24) is 9.62 Å². The molecule has 0 saturated heterocycles. The zero-order valence-corrected chi connectivity index (χ0v) is 16.8. The number of aliphatic hydroxyl groups excluding tert-OH is 1. The second kappa shape index (κ2) is 8.06. The van der Waals surface area contributed by atoms with Gasteiger partial charge >= 0.3 is 0 Å². The molecule has 0 radical (unpaired) electrons. The van der Waals surface area contributed by atoms with Gasteiger partial charge in [-0.05, 0) is 51.0 Å². The minimum absolute atomic E-state index is 0.148. The van der Waals surface area contributed by atoms with Crippen molar-refractivity contribution in [3.63, 3.8) is 0 Å². The molecule has 1 saturated carbocycles. The first-order valence-electron chi connectivity index (χ1n) is 9.12. The number of hydrogen-bond acceptors (Lipinski definition) is 4. The summed E-state index contributed by atoms with van der Waals surface area (Å²) in [5, 5.41) is 13.1. The van der Waals surface area contributed by atoms with E-state index >= 15 is 0 Å². The van der Waals surface area contributed by atoms with Gasteiger partial charge in [-0.15, -0.1) is 0 Å². The van der Waals surface area contributed by atoms with Crippen LogP contribution in [0.4, 0.5) is 0 Å². The first-order valence-corrected chi connectivity index (χ1v) is 10.6. The lowest BCUT2D eigenvalue weighted by molar-refractivity contribution is 0.00190. The number of nitrogens with one attached hydrogen (secondary N) is 1. The van der Waals surface area contributed by atoms with E-state index in [1.165, 1.54) is 35.6 Å². The minimum Gasteiger partial charge on any atom is -0.392 e. The molecule has 0 heterocycles. The van der Waals surface area contributed by atoms with E-state index in [-0.39, 0.29) is 22.3 Å². The van der Waals surface area contributed by atoms with Crippen LogP contribution in [0.5, 0.6) is 0 Å². The number of benzene rings is 1. The third-order valence-corrected chi connectivity index (χ3v) is 7.50. The van der Waals surface area contributed by atoms with E-state index in [1.54, 1.807) is 13.8 Å². The van der Waals surface area contributed by atoms with Crippen LogP contribution in [-0.4, -0.2) is 49.5 Å². The maximum absolute atomic E-state index is 12.5. The van der Waals surface area contributed by atoms with Crippen molar-refractivity contribution < 1.29 is 18.3 Å². The minimum atomic E-state index is -3.56. The fourth-order valence-electron chi connectivity index (χ4n) is 3.19. The fraction of sp³-hybridized carbons (Fsp3) is 0.632. The van der Waals surface area contributed by atoms with E-state index in [2.05, 4.69) is 5.32 Å². The van der Waals surface area contributed by atoms with Gasteiger partial charge in [0.15, 0.2) is 0 Å². The van der Waals surface area contributed by atoms with E-state index in [4.69, 9.17) is 0 Å². The molecule has 0 aliphatic heterocycles. The lowest BCUT2D eigenvalue weighted by Gasteiger charge is -2.38. The van der Waals surface area contributed by atoms with Crippen LogP contribution < -0.4 is 5.32 Å². The normalized spacial score (nSPS) is 24.0. The van der Waals surface area contributed by atoms with Gasteiger partial charge in [-0.1, -0.05) is 19.8 Å². The summed E-state index contributed by atoms with van der Waals surface area (Å²) in [7, 11) is -2.02. The van der Waals surface area contributed by atoms with Crippen molar-refractivity contribution in [2.45, 2.75) is 63.5 Å². The molecule has 2 atom stereocenters. The molecular weight excluding hydrogens is 352 g/mol. The molecule has 1 aliphatic carbocycles. The predicted molar refractivity (Wildman–Crippen MR) is 101 cm³/mol. The summed E-state index contributed by atoms with van der Waals surface area (Å²) in [5.74, 6) is -0.259. The first kappa shape index (κ1) is 20.9. The SMILES string of the molecule is CC(C)N(C)S(=O)(=O)c1ccc(C(=O)NC[C@]2(C)CCCC[C@@H]2O)cc1. The Morgan fingerprint density at radius 1 is 1.31 bits per heavy atom. The summed E-state index contributed by atoms with van der Waals surface area (Å²) in [6.45, 7) is 6.01. The van der Waals surface area contributed by atoms with Crippen molar-refractivity contribution in [3.05, 3.63) is 29.8 Å². The van der Waals surface area contributed by atoms with Crippen LogP contribution in [0.1, 0.15) is 56.8 Å². The number of carbonyl (C=O) groups is 1. The number of hydrogen-bond donors (Lipinski definition) is 2. The molecule has 1 amide bonds. The van der Waals surface area contributed by atoms with Crippen LogP contribution in [0, 0.1) is 5.41 Å². The van der Waals surface area contributed by atoms with Crippen LogP contribution in [0.3, 0.4) is 0 Å². The van der Waals surface area contributed by atoms with Crippen molar-refractivity contribution in [3.8, 4) is 0 Å². The van der Waals surface area contributed by atoms with Gasteiger partial charge in [0.2, 0.25) is 10.0 Å². The molecule has 1 aromatic carbocycles. The standard InChI is InChI=1S/C19H30N2O4S/c1-14(2)21(4)26(24,25)16-10-8-15(9-11-16)18(23)20-13-19(3)12-6-5-7-17(19)22/h8-11,14,17,22H,5-7,12-13H2,1-4H3,(H,20,23)/t17-,19-/m0/s1. The molecule has 6 nitrogen and oxygen atoms in total. The Kier molecular flexibility index (Phi) is 6.47. The summed E-state index contributed by atoms with van der Waals surface area (Å²) >= 11 is 0. The van der Waals surface area contributed by atoms with Gasteiger partial charge in [0.1, 0.15) is 0 Å². The molecule has 26 heavy (non-hydrogen) atoms. The van der Waals surface area contributed by atoms with Gasteiger partial charge in [-0.2, -0.15) is 4.31 Å². The average Bonchev–Trinajstić information content (AvgIpc) is 2.61. The monoisotopic (exact) mass is 382 g/mol. The smallest absolute Gasteiger partial charge is 0.251 e.